The average molecular weight is 277 g/mol. The fourth-order valence-corrected chi connectivity index (χ4v) is 2.39. The first-order chi connectivity index (χ1) is 9.10. The molecule has 0 atom stereocenters. The van der Waals surface area contributed by atoms with Crippen molar-refractivity contribution in [1.82, 2.24) is 4.98 Å². The van der Waals surface area contributed by atoms with E-state index in [4.69, 9.17) is 20.3 Å². The minimum atomic E-state index is -0.00401. The SMILES string of the molecule is COc1ccc(CSc2nc(C)co2)cc1C(=N)N. The summed E-state index contributed by atoms with van der Waals surface area (Å²) in [6.07, 6.45) is 1.62. The van der Waals surface area contributed by atoms with Crippen LogP contribution in [0.15, 0.2) is 34.1 Å². The van der Waals surface area contributed by atoms with E-state index in [2.05, 4.69) is 4.98 Å². The van der Waals surface area contributed by atoms with Crippen molar-refractivity contribution in [1.29, 1.82) is 5.41 Å². The van der Waals surface area contributed by atoms with Crippen LogP contribution in [0.4, 0.5) is 0 Å². The topological polar surface area (TPSA) is 85.1 Å². The minimum absolute atomic E-state index is 0.00401. The maximum absolute atomic E-state index is 7.54. The second-order valence-electron chi connectivity index (χ2n) is 3.99. The molecule has 0 aliphatic heterocycles. The summed E-state index contributed by atoms with van der Waals surface area (Å²) >= 11 is 1.50. The Morgan fingerprint density at radius 2 is 2.32 bits per heavy atom. The quantitative estimate of drug-likeness (QED) is 0.498. The van der Waals surface area contributed by atoms with Gasteiger partial charge in [-0.05, 0) is 24.6 Å². The lowest BCUT2D eigenvalue weighted by atomic mass is 10.1. The van der Waals surface area contributed by atoms with E-state index in [0.29, 0.717) is 22.3 Å². The van der Waals surface area contributed by atoms with Crippen LogP contribution in [0.2, 0.25) is 0 Å². The maximum atomic E-state index is 7.54. The first-order valence-electron chi connectivity index (χ1n) is 5.66. The number of rotatable bonds is 5. The average Bonchev–Trinajstić information content (AvgIpc) is 2.81. The van der Waals surface area contributed by atoms with Crippen molar-refractivity contribution in [2.75, 3.05) is 7.11 Å². The highest BCUT2D eigenvalue weighted by Gasteiger charge is 2.08. The van der Waals surface area contributed by atoms with Gasteiger partial charge in [-0.25, -0.2) is 4.98 Å². The van der Waals surface area contributed by atoms with Gasteiger partial charge in [0.1, 0.15) is 17.8 Å². The molecular weight excluding hydrogens is 262 g/mol. The van der Waals surface area contributed by atoms with E-state index < -0.39 is 0 Å². The molecule has 2 aromatic rings. The number of thioether (sulfide) groups is 1. The number of aryl methyl sites for hydroxylation is 1. The number of benzene rings is 1. The summed E-state index contributed by atoms with van der Waals surface area (Å²) in [6, 6.07) is 5.60. The summed E-state index contributed by atoms with van der Waals surface area (Å²) in [6.45, 7) is 1.88. The van der Waals surface area contributed by atoms with E-state index in [0.717, 1.165) is 11.3 Å². The summed E-state index contributed by atoms with van der Waals surface area (Å²) in [5, 5.41) is 8.17. The fourth-order valence-electron chi connectivity index (χ4n) is 1.60. The van der Waals surface area contributed by atoms with Crippen molar-refractivity contribution in [3.63, 3.8) is 0 Å². The van der Waals surface area contributed by atoms with Gasteiger partial charge in [0.25, 0.3) is 5.22 Å². The van der Waals surface area contributed by atoms with Crippen molar-refractivity contribution in [2.24, 2.45) is 5.73 Å². The monoisotopic (exact) mass is 277 g/mol. The van der Waals surface area contributed by atoms with E-state index in [1.807, 2.05) is 25.1 Å². The number of aromatic nitrogens is 1. The van der Waals surface area contributed by atoms with Gasteiger partial charge in [-0.2, -0.15) is 0 Å². The molecule has 0 unspecified atom stereocenters. The van der Waals surface area contributed by atoms with Gasteiger partial charge in [-0.3, -0.25) is 5.41 Å². The molecule has 0 aliphatic carbocycles. The lowest BCUT2D eigenvalue weighted by Gasteiger charge is -2.08. The molecule has 100 valence electrons. The van der Waals surface area contributed by atoms with Gasteiger partial charge in [0.2, 0.25) is 0 Å². The first kappa shape index (κ1) is 13.5. The molecule has 1 aromatic heterocycles. The summed E-state index contributed by atoms with van der Waals surface area (Å²) < 4.78 is 10.4. The molecule has 3 N–H and O–H groups in total. The lowest BCUT2D eigenvalue weighted by molar-refractivity contribution is 0.413. The molecule has 0 bridgehead atoms. The standard InChI is InChI=1S/C13H15N3O2S/c1-8-6-18-13(16-8)19-7-9-3-4-11(17-2)10(5-9)12(14)15/h3-6H,7H2,1-2H3,(H3,14,15). The highest BCUT2D eigenvalue weighted by atomic mass is 32.2. The van der Waals surface area contributed by atoms with Crippen LogP contribution in [0.5, 0.6) is 5.75 Å². The van der Waals surface area contributed by atoms with Crippen LogP contribution in [0, 0.1) is 12.3 Å². The Labute approximate surface area is 115 Å². The molecule has 0 saturated carbocycles. The molecule has 0 fully saturated rings. The van der Waals surface area contributed by atoms with E-state index in [9.17, 15) is 0 Å². The third-order valence-corrected chi connectivity index (χ3v) is 3.43. The number of nitrogens with two attached hydrogens (primary N) is 1. The van der Waals surface area contributed by atoms with E-state index in [1.165, 1.54) is 11.8 Å². The van der Waals surface area contributed by atoms with Gasteiger partial charge in [0, 0.05) is 5.75 Å². The third kappa shape index (κ3) is 3.29. The number of hydrogen-bond donors (Lipinski definition) is 2. The van der Waals surface area contributed by atoms with Gasteiger partial charge in [0.05, 0.1) is 18.4 Å². The number of nitrogens with zero attached hydrogens (tertiary/aromatic N) is 1. The van der Waals surface area contributed by atoms with E-state index in [1.54, 1.807) is 13.4 Å². The molecule has 1 heterocycles. The number of ether oxygens (including phenoxy) is 1. The number of nitrogen functional groups attached to an aromatic ring is 1. The molecule has 5 nitrogen and oxygen atoms in total. The van der Waals surface area contributed by atoms with Crippen molar-refractivity contribution in [2.45, 2.75) is 17.9 Å². The van der Waals surface area contributed by atoms with E-state index >= 15 is 0 Å². The Morgan fingerprint density at radius 3 is 2.89 bits per heavy atom. The normalized spacial score (nSPS) is 10.4. The van der Waals surface area contributed by atoms with Crippen LogP contribution in [0.1, 0.15) is 16.8 Å². The molecule has 0 amide bonds. The fraction of sp³-hybridized carbons (Fsp3) is 0.231. The summed E-state index contributed by atoms with van der Waals surface area (Å²) in [4.78, 5) is 4.22. The van der Waals surface area contributed by atoms with Crippen LogP contribution in [-0.2, 0) is 5.75 Å². The molecule has 0 spiro atoms. The van der Waals surface area contributed by atoms with Crippen LogP contribution in [0.25, 0.3) is 0 Å². The Morgan fingerprint density at radius 1 is 1.53 bits per heavy atom. The molecule has 0 saturated heterocycles. The third-order valence-electron chi connectivity index (χ3n) is 2.51. The summed E-state index contributed by atoms with van der Waals surface area (Å²) in [5.74, 6) is 1.30. The van der Waals surface area contributed by atoms with Crippen LogP contribution in [0.3, 0.4) is 0 Å². The van der Waals surface area contributed by atoms with Gasteiger partial charge in [-0.15, -0.1) is 0 Å². The zero-order chi connectivity index (χ0) is 13.8. The highest BCUT2D eigenvalue weighted by molar-refractivity contribution is 7.98. The zero-order valence-corrected chi connectivity index (χ0v) is 11.6. The number of hydrogen-bond acceptors (Lipinski definition) is 5. The van der Waals surface area contributed by atoms with Crippen molar-refractivity contribution >= 4 is 17.6 Å². The van der Waals surface area contributed by atoms with Crippen LogP contribution >= 0.6 is 11.8 Å². The Bertz CT molecular complexity index is 595. The predicted molar refractivity (Wildman–Crippen MR) is 74.8 cm³/mol. The molecule has 1 aromatic carbocycles. The number of nitrogens with one attached hydrogen (secondary N) is 1. The smallest absolute Gasteiger partial charge is 0.256 e. The van der Waals surface area contributed by atoms with Crippen molar-refractivity contribution in [3.05, 3.63) is 41.3 Å². The van der Waals surface area contributed by atoms with Crippen molar-refractivity contribution in [3.8, 4) is 5.75 Å². The Kier molecular flexibility index (Phi) is 4.11. The molecule has 0 aliphatic rings. The summed E-state index contributed by atoms with van der Waals surface area (Å²) in [5.41, 5.74) is 8.03. The minimum Gasteiger partial charge on any atom is -0.496 e. The largest absolute Gasteiger partial charge is 0.496 e. The second kappa shape index (κ2) is 5.79. The molecule has 19 heavy (non-hydrogen) atoms. The van der Waals surface area contributed by atoms with Crippen molar-refractivity contribution < 1.29 is 9.15 Å². The Balaban J connectivity index is 2.12. The predicted octanol–water partition coefficient (Wildman–Crippen LogP) is 2.57. The van der Waals surface area contributed by atoms with Gasteiger partial charge < -0.3 is 14.9 Å². The highest BCUT2D eigenvalue weighted by Crippen LogP contribution is 2.25. The first-order valence-corrected chi connectivity index (χ1v) is 6.65. The number of amidine groups is 1. The molecule has 2 rings (SSSR count). The number of oxazole rings is 1. The van der Waals surface area contributed by atoms with Gasteiger partial charge >= 0.3 is 0 Å². The Hall–Kier alpha value is -1.95. The molecule has 0 radical (unpaired) electrons. The maximum Gasteiger partial charge on any atom is 0.256 e. The van der Waals surface area contributed by atoms with Crippen LogP contribution in [-0.4, -0.2) is 17.9 Å². The second-order valence-corrected chi connectivity index (χ2v) is 4.92. The van der Waals surface area contributed by atoms with Gasteiger partial charge in [0.15, 0.2) is 0 Å². The molecular formula is C13H15N3O2S. The zero-order valence-electron chi connectivity index (χ0n) is 10.8. The van der Waals surface area contributed by atoms with Gasteiger partial charge in [-0.1, -0.05) is 17.8 Å². The molecule has 6 heteroatoms. The lowest BCUT2D eigenvalue weighted by Crippen LogP contribution is -2.12. The summed E-state index contributed by atoms with van der Waals surface area (Å²) in [7, 11) is 1.56. The van der Waals surface area contributed by atoms with Crippen LogP contribution < -0.4 is 10.5 Å². The number of methoxy groups -OCH3 is 1. The van der Waals surface area contributed by atoms with E-state index in [-0.39, 0.29) is 5.84 Å².